The van der Waals surface area contributed by atoms with E-state index in [0.717, 1.165) is 18.9 Å². The zero-order valence-corrected chi connectivity index (χ0v) is 15.0. The fourth-order valence-corrected chi connectivity index (χ4v) is 5.71. The zero-order chi connectivity index (χ0) is 17.6. The lowest BCUT2D eigenvalue weighted by atomic mass is 9.53. The molecule has 2 aromatic carbocycles. The number of nitrogens with one attached hydrogen (secondary N) is 1. The smallest absolute Gasteiger partial charge is 0.343 e. The van der Waals surface area contributed by atoms with Crippen molar-refractivity contribution in [3.8, 4) is 5.75 Å². The molecular weight excluding hydrogens is 322 g/mol. The van der Waals surface area contributed by atoms with Gasteiger partial charge in [0.2, 0.25) is 0 Å². The third-order valence-corrected chi connectivity index (χ3v) is 6.84. The Labute approximate surface area is 154 Å². The molecule has 1 saturated carbocycles. The number of esters is 1. The van der Waals surface area contributed by atoms with E-state index in [0.29, 0.717) is 17.4 Å². The highest BCUT2D eigenvalue weighted by atomic mass is 16.5. The first-order valence-electron chi connectivity index (χ1n) is 9.90. The van der Waals surface area contributed by atoms with Crippen molar-refractivity contribution < 1.29 is 9.53 Å². The number of carbonyl (C=O) groups is 1. The standard InChI is InChI=1S/C23H25NO2/c25-22(16-6-2-1-3-7-16)26-18-10-9-17-14-21-19-8-4-5-11-23(19,12-13-24-21)20(17)15-18/h1-3,6-7,9-10,15,19,21,24H,4-5,8,11-14H2/t19-,21+,23+/m0/s1. The van der Waals surface area contributed by atoms with Crippen LogP contribution >= 0.6 is 0 Å². The molecule has 2 aromatic rings. The Bertz CT molecular complexity index is 827. The number of piperidine rings is 1. The molecule has 0 radical (unpaired) electrons. The Morgan fingerprint density at radius 3 is 2.85 bits per heavy atom. The highest BCUT2D eigenvalue weighted by molar-refractivity contribution is 5.91. The predicted octanol–water partition coefficient (Wildman–Crippen LogP) is 4.25. The predicted molar refractivity (Wildman–Crippen MR) is 102 cm³/mol. The van der Waals surface area contributed by atoms with Crippen LogP contribution in [0.3, 0.4) is 0 Å². The summed E-state index contributed by atoms with van der Waals surface area (Å²) in [6.07, 6.45) is 7.58. The molecule has 1 saturated heterocycles. The summed E-state index contributed by atoms with van der Waals surface area (Å²) >= 11 is 0. The van der Waals surface area contributed by atoms with Crippen LogP contribution in [0, 0.1) is 5.92 Å². The van der Waals surface area contributed by atoms with Gasteiger partial charge < -0.3 is 10.1 Å². The summed E-state index contributed by atoms with van der Waals surface area (Å²) in [7, 11) is 0. The van der Waals surface area contributed by atoms with Crippen molar-refractivity contribution in [1.29, 1.82) is 0 Å². The number of hydrogen-bond donors (Lipinski definition) is 1. The van der Waals surface area contributed by atoms with Gasteiger partial charge in [0.05, 0.1) is 5.56 Å². The third-order valence-electron chi connectivity index (χ3n) is 6.84. The molecule has 3 nitrogen and oxygen atoms in total. The molecule has 0 unspecified atom stereocenters. The summed E-state index contributed by atoms with van der Waals surface area (Å²) in [4.78, 5) is 12.4. The van der Waals surface area contributed by atoms with Gasteiger partial charge in [0.15, 0.2) is 0 Å². The molecule has 2 bridgehead atoms. The van der Waals surface area contributed by atoms with E-state index in [9.17, 15) is 4.79 Å². The van der Waals surface area contributed by atoms with Crippen molar-refractivity contribution in [3.05, 3.63) is 65.2 Å². The molecule has 0 aromatic heterocycles. The molecule has 3 heteroatoms. The quantitative estimate of drug-likeness (QED) is 0.652. The van der Waals surface area contributed by atoms with Crippen LogP contribution in [0.25, 0.3) is 0 Å². The number of fused-ring (bicyclic) bond motifs is 1. The van der Waals surface area contributed by atoms with Gasteiger partial charge in [-0.2, -0.15) is 0 Å². The maximum atomic E-state index is 12.4. The fourth-order valence-electron chi connectivity index (χ4n) is 5.71. The average Bonchev–Trinajstić information content (AvgIpc) is 2.69. The second-order valence-corrected chi connectivity index (χ2v) is 8.10. The van der Waals surface area contributed by atoms with E-state index in [2.05, 4.69) is 17.4 Å². The molecule has 3 atom stereocenters. The molecule has 5 rings (SSSR count). The highest BCUT2D eigenvalue weighted by Gasteiger charge is 2.51. The van der Waals surface area contributed by atoms with Gasteiger partial charge in [-0.05, 0) is 73.5 Å². The van der Waals surface area contributed by atoms with Crippen LogP contribution in [0.4, 0.5) is 0 Å². The van der Waals surface area contributed by atoms with Crippen molar-refractivity contribution in [2.24, 2.45) is 5.92 Å². The van der Waals surface area contributed by atoms with E-state index in [-0.39, 0.29) is 11.4 Å². The molecule has 1 heterocycles. The summed E-state index contributed by atoms with van der Waals surface area (Å²) in [6, 6.07) is 16.2. The Morgan fingerprint density at radius 1 is 1.08 bits per heavy atom. The van der Waals surface area contributed by atoms with Crippen molar-refractivity contribution in [2.75, 3.05) is 6.54 Å². The van der Waals surface area contributed by atoms with E-state index in [1.165, 1.54) is 43.2 Å². The van der Waals surface area contributed by atoms with E-state index in [4.69, 9.17) is 4.74 Å². The average molecular weight is 347 g/mol. The molecule has 0 spiro atoms. The van der Waals surface area contributed by atoms with Crippen LogP contribution < -0.4 is 10.1 Å². The highest BCUT2D eigenvalue weighted by Crippen LogP contribution is 2.54. The van der Waals surface area contributed by atoms with E-state index < -0.39 is 0 Å². The Kier molecular flexibility index (Phi) is 3.86. The number of benzene rings is 2. The second kappa shape index (κ2) is 6.24. The van der Waals surface area contributed by atoms with Gasteiger partial charge >= 0.3 is 5.97 Å². The molecule has 1 N–H and O–H groups in total. The maximum Gasteiger partial charge on any atom is 0.343 e. The van der Waals surface area contributed by atoms with Gasteiger partial charge in [0.25, 0.3) is 0 Å². The molecule has 26 heavy (non-hydrogen) atoms. The number of hydrogen-bond acceptors (Lipinski definition) is 3. The second-order valence-electron chi connectivity index (χ2n) is 8.10. The van der Waals surface area contributed by atoms with Gasteiger partial charge in [-0.15, -0.1) is 0 Å². The van der Waals surface area contributed by atoms with Crippen LogP contribution in [-0.4, -0.2) is 18.6 Å². The lowest BCUT2D eigenvalue weighted by Crippen LogP contribution is -2.59. The first-order chi connectivity index (χ1) is 12.8. The minimum atomic E-state index is -0.276. The van der Waals surface area contributed by atoms with Crippen LogP contribution in [0.5, 0.6) is 5.75 Å². The molecule has 134 valence electrons. The van der Waals surface area contributed by atoms with E-state index in [1.807, 2.05) is 24.3 Å². The van der Waals surface area contributed by atoms with Crippen molar-refractivity contribution in [3.63, 3.8) is 0 Å². The van der Waals surface area contributed by atoms with Crippen LogP contribution in [0.15, 0.2) is 48.5 Å². The molecule has 0 amide bonds. The summed E-state index contributed by atoms with van der Waals surface area (Å²) in [6.45, 7) is 1.11. The first kappa shape index (κ1) is 16.1. The molecule has 2 fully saturated rings. The minimum Gasteiger partial charge on any atom is -0.423 e. The number of carbonyl (C=O) groups excluding carboxylic acids is 1. The Morgan fingerprint density at radius 2 is 1.96 bits per heavy atom. The SMILES string of the molecule is O=C(Oc1ccc2c(c1)[C@@]13CCCC[C@H]1[C@@H](C2)NCC3)c1ccccc1. The maximum absolute atomic E-state index is 12.4. The summed E-state index contributed by atoms with van der Waals surface area (Å²) in [5.74, 6) is 1.15. The number of ether oxygens (including phenoxy) is 1. The Balaban J connectivity index is 1.50. The van der Waals surface area contributed by atoms with Crippen LogP contribution in [0.2, 0.25) is 0 Å². The van der Waals surface area contributed by atoms with E-state index in [1.54, 1.807) is 12.1 Å². The summed E-state index contributed by atoms with van der Waals surface area (Å²) < 4.78 is 5.73. The van der Waals surface area contributed by atoms with Crippen molar-refractivity contribution >= 4 is 5.97 Å². The van der Waals surface area contributed by atoms with Gasteiger partial charge in [-0.3, -0.25) is 0 Å². The molecule has 1 aliphatic heterocycles. The summed E-state index contributed by atoms with van der Waals surface area (Å²) in [5, 5.41) is 3.77. The van der Waals surface area contributed by atoms with Gasteiger partial charge in [0.1, 0.15) is 5.75 Å². The van der Waals surface area contributed by atoms with Crippen LogP contribution in [0.1, 0.15) is 53.6 Å². The lowest BCUT2D eigenvalue weighted by Gasteiger charge is -2.56. The monoisotopic (exact) mass is 347 g/mol. The first-order valence-corrected chi connectivity index (χ1v) is 9.90. The summed E-state index contributed by atoms with van der Waals surface area (Å²) in [5.41, 5.74) is 3.79. The van der Waals surface area contributed by atoms with Gasteiger partial charge in [0, 0.05) is 11.5 Å². The topological polar surface area (TPSA) is 38.3 Å². The normalized spacial score (nSPS) is 29.4. The lowest BCUT2D eigenvalue weighted by molar-refractivity contribution is 0.0722. The zero-order valence-electron chi connectivity index (χ0n) is 15.0. The molecule has 2 aliphatic carbocycles. The molecular formula is C23H25NO2. The van der Waals surface area contributed by atoms with Gasteiger partial charge in [-0.1, -0.05) is 37.1 Å². The van der Waals surface area contributed by atoms with Crippen LogP contribution in [-0.2, 0) is 11.8 Å². The van der Waals surface area contributed by atoms with Gasteiger partial charge in [-0.25, -0.2) is 4.79 Å². The Hall–Kier alpha value is -2.13. The van der Waals surface area contributed by atoms with E-state index >= 15 is 0 Å². The molecule has 3 aliphatic rings. The third kappa shape index (κ3) is 2.49. The largest absolute Gasteiger partial charge is 0.423 e. The minimum absolute atomic E-state index is 0.276. The fraction of sp³-hybridized carbons (Fsp3) is 0.435. The van der Waals surface area contributed by atoms with Crippen molar-refractivity contribution in [2.45, 2.75) is 50.0 Å². The number of rotatable bonds is 2. The van der Waals surface area contributed by atoms with Crippen molar-refractivity contribution in [1.82, 2.24) is 5.32 Å².